The van der Waals surface area contributed by atoms with E-state index >= 15 is 0 Å². The van der Waals surface area contributed by atoms with Gasteiger partial charge in [-0.2, -0.15) is 0 Å². The van der Waals surface area contributed by atoms with Crippen LogP contribution in [-0.4, -0.2) is 79.0 Å². The number of phenolic OH excluding ortho intramolecular Hbond substituents is 3. The van der Waals surface area contributed by atoms with Gasteiger partial charge in [0.1, 0.15) is 18.3 Å². The fourth-order valence-corrected chi connectivity index (χ4v) is 1.54. The molecule has 0 bridgehead atoms. The number of carbonyl (C=O) groups is 2. The molecular weight excluding hydrogens is 316 g/mol. The third-order valence-electron chi connectivity index (χ3n) is 2.89. The fourth-order valence-electron chi connectivity index (χ4n) is 1.54. The number of benzene rings is 1. The van der Waals surface area contributed by atoms with Crippen LogP contribution in [0.15, 0.2) is 12.1 Å². The summed E-state index contributed by atoms with van der Waals surface area (Å²) in [4.78, 5) is 23.1. The summed E-state index contributed by atoms with van der Waals surface area (Å²) in [5, 5.41) is 64.1. The first-order valence-corrected chi connectivity index (χ1v) is 6.28. The van der Waals surface area contributed by atoms with E-state index in [0.29, 0.717) is 0 Å². The maximum atomic E-state index is 11.6. The Balaban J connectivity index is 2.67. The molecule has 0 saturated carbocycles. The van der Waals surface area contributed by atoms with Crippen LogP contribution in [-0.2, 0) is 9.53 Å². The highest BCUT2D eigenvalue weighted by atomic mass is 16.5. The number of rotatable bonds is 7. The van der Waals surface area contributed by atoms with Crippen LogP contribution >= 0.6 is 0 Å². The summed E-state index contributed by atoms with van der Waals surface area (Å²) < 4.78 is 4.52. The minimum absolute atomic E-state index is 0.379. The standard InChI is InChI=1S/C13H16O10/c14-3-8(17)11(20)12(21)9(18)4-23-13(22)5-1-6(15)10(19)7(16)2-5/h1-2,8,11-12,14-17,19-21H,3-4H2. The predicted octanol–water partition coefficient (Wildman–Crippen LogP) is -2.40. The Morgan fingerprint density at radius 3 is 2.04 bits per heavy atom. The van der Waals surface area contributed by atoms with E-state index in [0.717, 1.165) is 12.1 Å². The predicted molar refractivity (Wildman–Crippen MR) is 71.8 cm³/mol. The molecule has 0 heterocycles. The lowest BCUT2D eigenvalue weighted by atomic mass is 10.1. The molecule has 1 aromatic carbocycles. The molecule has 3 atom stereocenters. The maximum Gasteiger partial charge on any atom is 0.338 e. The summed E-state index contributed by atoms with van der Waals surface area (Å²) in [6.45, 7) is -1.87. The Morgan fingerprint density at radius 1 is 1.04 bits per heavy atom. The largest absolute Gasteiger partial charge is 0.504 e. The zero-order valence-electron chi connectivity index (χ0n) is 11.7. The molecule has 0 aliphatic heterocycles. The molecule has 0 aliphatic rings. The van der Waals surface area contributed by atoms with E-state index in [1.165, 1.54) is 0 Å². The lowest BCUT2D eigenvalue weighted by molar-refractivity contribution is -0.143. The van der Waals surface area contributed by atoms with Gasteiger partial charge in [0.25, 0.3) is 0 Å². The number of hydrogen-bond acceptors (Lipinski definition) is 10. The first kappa shape index (κ1) is 18.6. The molecule has 0 amide bonds. The number of ether oxygens (including phenoxy) is 1. The number of hydrogen-bond donors (Lipinski definition) is 7. The summed E-state index contributed by atoms with van der Waals surface area (Å²) in [6.07, 6.45) is -5.81. The van der Waals surface area contributed by atoms with Crippen LogP contribution in [0.3, 0.4) is 0 Å². The second-order valence-electron chi connectivity index (χ2n) is 4.59. The first-order chi connectivity index (χ1) is 10.7. The SMILES string of the molecule is O=C(OCC(=O)C(O)C(O)C(O)CO)c1cc(O)c(O)c(O)c1. The molecule has 0 saturated heterocycles. The van der Waals surface area contributed by atoms with Crippen molar-refractivity contribution in [1.29, 1.82) is 0 Å². The van der Waals surface area contributed by atoms with Gasteiger partial charge in [0.05, 0.1) is 12.2 Å². The number of phenols is 3. The quantitative estimate of drug-likeness (QED) is 0.210. The Kier molecular flexibility index (Phi) is 6.28. The van der Waals surface area contributed by atoms with E-state index < -0.39 is 60.5 Å². The van der Waals surface area contributed by atoms with Gasteiger partial charge in [-0.05, 0) is 12.1 Å². The number of esters is 1. The average Bonchev–Trinajstić information content (AvgIpc) is 2.54. The summed E-state index contributed by atoms with van der Waals surface area (Å²) in [6, 6.07) is 1.56. The van der Waals surface area contributed by atoms with Crippen molar-refractivity contribution < 1.29 is 50.1 Å². The topological polar surface area (TPSA) is 185 Å². The Morgan fingerprint density at radius 2 is 1.57 bits per heavy atom. The van der Waals surface area contributed by atoms with E-state index in [9.17, 15) is 30.0 Å². The average molecular weight is 332 g/mol. The molecular formula is C13H16O10. The molecule has 128 valence electrons. The van der Waals surface area contributed by atoms with Crippen LogP contribution in [0.4, 0.5) is 0 Å². The number of ketones is 1. The van der Waals surface area contributed by atoms with Crippen molar-refractivity contribution in [3.05, 3.63) is 17.7 Å². The molecule has 0 fully saturated rings. The minimum atomic E-state index is -2.09. The highest BCUT2D eigenvalue weighted by Crippen LogP contribution is 2.35. The monoisotopic (exact) mass is 332 g/mol. The highest BCUT2D eigenvalue weighted by Gasteiger charge is 2.30. The molecule has 10 nitrogen and oxygen atoms in total. The van der Waals surface area contributed by atoms with Crippen molar-refractivity contribution in [2.75, 3.05) is 13.2 Å². The smallest absolute Gasteiger partial charge is 0.338 e. The third kappa shape index (κ3) is 4.53. The lowest BCUT2D eigenvalue weighted by Gasteiger charge is -2.20. The highest BCUT2D eigenvalue weighted by molar-refractivity contribution is 5.93. The number of Topliss-reactive ketones (excluding diaryl/α,β-unsaturated/α-hetero) is 1. The fraction of sp³-hybridized carbons (Fsp3) is 0.385. The second-order valence-corrected chi connectivity index (χ2v) is 4.59. The number of aliphatic hydroxyl groups excluding tert-OH is 4. The van der Waals surface area contributed by atoms with Gasteiger partial charge < -0.3 is 40.5 Å². The number of aliphatic hydroxyl groups is 4. The van der Waals surface area contributed by atoms with Crippen LogP contribution in [0, 0.1) is 0 Å². The molecule has 1 rings (SSSR count). The van der Waals surface area contributed by atoms with E-state index in [4.69, 9.17) is 15.3 Å². The van der Waals surface area contributed by atoms with Crippen molar-refractivity contribution in [3.63, 3.8) is 0 Å². The summed E-state index contributed by atoms with van der Waals surface area (Å²) >= 11 is 0. The normalized spacial score (nSPS) is 14.8. The zero-order chi connectivity index (χ0) is 17.7. The van der Waals surface area contributed by atoms with Crippen LogP contribution in [0.25, 0.3) is 0 Å². The van der Waals surface area contributed by atoms with Crippen LogP contribution in [0.5, 0.6) is 17.2 Å². The molecule has 23 heavy (non-hydrogen) atoms. The van der Waals surface area contributed by atoms with Crippen LogP contribution in [0.1, 0.15) is 10.4 Å². The van der Waals surface area contributed by atoms with Crippen molar-refractivity contribution in [2.45, 2.75) is 18.3 Å². The molecule has 0 aromatic heterocycles. The first-order valence-electron chi connectivity index (χ1n) is 6.28. The van der Waals surface area contributed by atoms with Gasteiger partial charge in [-0.1, -0.05) is 0 Å². The molecule has 0 radical (unpaired) electrons. The number of carbonyl (C=O) groups excluding carboxylic acids is 2. The summed E-state index contributed by atoms with van der Waals surface area (Å²) in [5.41, 5.74) is -0.379. The van der Waals surface area contributed by atoms with Crippen molar-refractivity contribution in [1.82, 2.24) is 0 Å². The Hall–Kier alpha value is -2.40. The Bertz CT molecular complexity index is 561. The van der Waals surface area contributed by atoms with Crippen molar-refractivity contribution in [2.24, 2.45) is 0 Å². The number of aromatic hydroxyl groups is 3. The van der Waals surface area contributed by atoms with Crippen LogP contribution in [0.2, 0.25) is 0 Å². The molecule has 10 heteroatoms. The third-order valence-corrected chi connectivity index (χ3v) is 2.89. The van der Waals surface area contributed by atoms with Gasteiger partial charge in [0.2, 0.25) is 5.78 Å². The molecule has 7 N–H and O–H groups in total. The van der Waals surface area contributed by atoms with Gasteiger partial charge in [0, 0.05) is 0 Å². The lowest BCUT2D eigenvalue weighted by Crippen LogP contribution is -2.45. The Labute approximate surface area is 129 Å². The van der Waals surface area contributed by atoms with Crippen molar-refractivity contribution >= 4 is 11.8 Å². The van der Waals surface area contributed by atoms with Gasteiger partial charge in [-0.3, -0.25) is 4.79 Å². The summed E-state index contributed by atoms with van der Waals surface area (Å²) in [5.74, 6) is -4.72. The van der Waals surface area contributed by atoms with E-state index in [2.05, 4.69) is 4.74 Å². The molecule has 0 spiro atoms. The molecule has 0 aliphatic carbocycles. The molecule has 3 unspecified atom stereocenters. The van der Waals surface area contributed by atoms with E-state index in [1.807, 2.05) is 0 Å². The van der Waals surface area contributed by atoms with Crippen molar-refractivity contribution in [3.8, 4) is 17.2 Å². The van der Waals surface area contributed by atoms with Gasteiger partial charge >= 0.3 is 5.97 Å². The zero-order valence-corrected chi connectivity index (χ0v) is 11.7. The maximum absolute atomic E-state index is 11.6. The van der Waals surface area contributed by atoms with Gasteiger partial charge in [0.15, 0.2) is 23.9 Å². The molecule has 1 aromatic rings. The van der Waals surface area contributed by atoms with Crippen LogP contribution < -0.4 is 0 Å². The van der Waals surface area contributed by atoms with E-state index in [1.54, 1.807) is 0 Å². The minimum Gasteiger partial charge on any atom is -0.504 e. The summed E-state index contributed by atoms with van der Waals surface area (Å²) in [7, 11) is 0. The van der Waals surface area contributed by atoms with Gasteiger partial charge in [-0.25, -0.2) is 4.79 Å². The van der Waals surface area contributed by atoms with E-state index in [-0.39, 0.29) is 5.56 Å². The van der Waals surface area contributed by atoms with Gasteiger partial charge in [-0.15, -0.1) is 0 Å². The second kappa shape index (κ2) is 7.74.